The third-order valence-electron chi connectivity index (χ3n) is 7.90. The molecular formula is C31H34Cl3F3N6O3. The van der Waals surface area contributed by atoms with Gasteiger partial charge in [0.15, 0.2) is 0 Å². The molecule has 2 fully saturated rings. The number of amides is 1. The number of carboxylic acid groups (broad SMARTS) is 1. The van der Waals surface area contributed by atoms with Crippen molar-refractivity contribution >= 4 is 60.6 Å². The fourth-order valence-electron chi connectivity index (χ4n) is 5.65. The first-order valence-corrected chi connectivity index (χ1v) is 14.0. The van der Waals surface area contributed by atoms with Gasteiger partial charge in [-0.15, -0.1) is 37.2 Å². The Kier molecular flexibility index (Phi) is 14.1. The number of hydrogen-bond acceptors (Lipinski definition) is 7. The highest BCUT2D eigenvalue weighted by atomic mass is 35.5. The molecule has 3 heterocycles. The summed E-state index contributed by atoms with van der Waals surface area (Å²) in [7, 11) is 0. The van der Waals surface area contributed by atoms with E-state index in [4.69, 9.17) is 10.4 Å². The second-order valence-electron chi connectivity index (χ2n) is 10.7. The lowest BCUT2D eigenvalue weighted by Gasteiger charge is -2.35. The Labute approximate surface area is 283 Å². The molecule has 1 unspecified atom stereocenters. The Morgan fingerprint density at radius 1 is 0.978 bits per heavy atom. The Hall–Kier alpha value is -3.60. The van der Waals surface area contributed by atoms with Crippen molar-refractivity contribution in [2.45, 2.75) is 31.6 Å². The zero-order valence-electron chi connectivity index (χ0n) is 24.6. The van der Waals surface area contributed by atoms with Crippen LogP contribution in [0.5, 0.6) is 0 Å². The van der Waals surface area contributed by atoms with Crippen molar-refractivity contribution in [2.75, 3.05) is 49.5 Å². The molecule has 0 radical (unpaired) electrons. The predicted molar refractivity (Wildman–Crippen MR) is 176 cm³/mol. The number of rotatable bonds is 8. The number of aromatic nitrogens is 1. The summed E-state index contributed by atoms with van der Waals surface area (Å²) in [6.07, 6.45) is -2.32. The zero-order valence-corrected chi connectivity index (χ0v) is 27.0. The molecule has 0 bridgehead atoms. The summed E-state index contributed by atoms with van der Waals surface area (Å²) in [5.41, 5.74) is 3.70. The summed E-state index contributed by atoms with van der Waals surface area (Å²) in [5.74, 6) is -1.04. The van der Waals surface area contributed by atoms with Gasteiger partial charge in [-0.25, -0.2) is 4.98 Å². The standard InChI is InChI=1S/C31H31F3N6O3.3ClH/c32-31(33,34)27-2-1-11-40(27)19-24-16-28(36-18-26(24)22-5-3-21(17-35)4-6-22)37-30(43)23-7-9-25(10-8-23)39-14-12-38(13-15-39)20-29(41)42;;;/h3-10,16,18,27H,1-2,11-15,19-20H2,(H,41,42)(H,36,37,43);3*1H. The van der Waals surface area contributed by atoms with Crippen LogP contribution in [0.2, 0.25) is 0 Å². The molecule has 1 atom stereocenters. The fourth-order valence-corrected chi connectivity index (χ4v) is 5.65. The van der Waals surface area contributed by atoms with E-state index in [0.717, 1.165) is 5.69 Å². The minimum Gasteiger partial charge on any atom is -0.480 e. The molecule has 5 rings (SSSR count). The first kappa shape index (κ1) is 38.6. The smallest absolute Gasteiger partial charge is 0.404 e. The van der Waals surface area contributed by atoms with Crippen molar-refractivity contribution in [1.82, 2.24) is 14.8 Å². The second kappa shape index (κ2) is 16.8. The number of pyridine rings is 1. The van der Waals surface area contributed by atoms with Crippen molar-refractivity contribution in [2.24, 2.45) is 0 Å². The Morgan fingerprint density at radius 3 is 2.22 bits per heavy atom. The molecule has 2 aliphatic heterocycles. The van der Waals surface area contributed by atoms with E-state index in [9.17, 15) is 22.8 Å². The van der Waals surface area contributed by atoms with Gasteiger partial charge in [0, 0.05) is 55.7 Å². The van der Waals surface area contributed by atoms with Gasteiger partial charge in [-0.3, -0.25) is 19.4 Å². The topological polar surface area (TPSA) is 113 Å². The van der Waals surface area contributed by atoms with Crippen LogP contribution in [0.4, 0.5) is 24.7 Å². The number of anilines is 2. The molecule has 46 heavy (non-hydrogen) atoms. The fraction of sp³-hybridized carbons (Fsp3) is 0.355. The summed E-state index contributed by atoms with van der Waals surface area (Å²) in [4.78, 5) is 33.9. The summed E-state index contributed by atoms with van der Waals surface area (Å²) in [5, 5.41) is 20.9. The highest BCUT2D eigenvalue weighted by molar-refractivity contribution is 6.04. The molecule has 2 aromatic carbocycles. The molecule has 2 saturated heterocycles. The number of hydrogen-bond donors (Lipinski definition) is 2. The number of aliphatic carboxylic acids is 1. The molecule has 0 spiro atoms. The number of carboxylic acids is 1. The quantitative estimate of drug-likeness (QED) is 0.300. The van der Waals surface area contributed by atoms with E-state index in [1.807, 2.05) is 17.0 Å². The molecule has 2 aliphatic rings. The first-order valence-electron chi connectivity index (χ1n) is 14.0. The number of nitrogens with zero attached hydrogens (tertiary/aromatic N) is 5. The predicted octanol–water partition coefficient (Wildman–Crippen LogP) is 5.87. The molecular weight excluding hydrogens is 668 g/mol. The monoisotopic (exact) mass is 700 g/mol. The van der Waals surface area contributed by atoms with Gasteiger partial charge < -0.3 is 15.3 Å². The third-order valence-corrected chi connectivity index (χ3v) is 7.90. The van der Waals surface area contributed by atoms with Crippen LogP contribution in [0.15, 0.2) is 60.8 Å². The van der Waals surface area contributed by atoms with Crippen LogP contribution in [0.25, 0.3) is 11.1 Å². The van der Waals surface area contributed by atoms with Crippen LogP contribution in [-0.2, 0) is 11.3 Å². The van der Waals surface area contributed by atoms with E-state index < -0.39 is 24.1 Å². The molecule has 0 saturated carbocycles. The third kappa shape index (κ3) is 9.47. The highest BCUT2D eigenvalue weighted by Crippen LogP contribution is 2.35. The van der Waals surface area contributed by atoms with E-state index in [1.54, 1.807) is 42.5 Å². The van der Waals surface area contributed by atoms with Gasteiger partial charge in [-0.1, -0.05) is 12.1 Å². The summed E-state index contributed by atoms with van der Waals surface area (Å²) < 4.78 is 41.1. The molecule has 0 aliphatic carbocycles. The van der Waals surface area contributed by atoms with E-state index in [1.165, 1.54) is 11.1 Å². The lowest BCUT2D eigenvalue weighted by molar-refractivity contribution is -0.177. The first-order chi connectivity index (χ1) is 20.6. The maximum absolute atomic E-state index is 13.7. The lowest BCUT2D eigenvalue weighted by atomic mass is 10.00. The highest BCUT2D eigenvalue weighted by Gasteiger charge is 2.45. The van der Waals surface area contributed by atoms with E-state index in [-0.39, 0.29) is 62.5 Å². The Balaban J connectivity index is 0.00000245. The van der Waals surface area contributed by atoms with Crippen LogP contribution in [0.1, 0.15) is 34.3 Å². The van der Waals surface area contributed by atoms with Gasteiger partial charge in [-0.2, -0.15) is 18.4 Å². The van der Waals surface area contributed by atoms with Crippen molar-refractivity contribution < 1.29 is 27.9 Å². The molecule has 248 valence electrons. The van der Waals surface area contributed by atoms with Gasteiger partial charge in [-0.05, 0) is 73.0 Å². The SMILES string of the molecule is Cl.Cl.Cl.N#Cc1ccc(-c2cnc(NC(=O)c3ccc(N4CCN(CC(=O)O)CC4)cc3)cc2CN2CCCC2C(F)(F)F)cc1. The van der Waals surface area contributed by atoms with Crippen molar-refractivity contribution in [3.05, 3.63) is 77.5 Å². The molecule has 1 aromatic heterocycles. The number of carbonyl (C=O) groups excluding carboxylic acids is 1. The second-order valence-corrected chi connectivity index (χ2v) is 10.7. The number of carbonyl (C=O) groups is 2. The van der Waals surface area contributed by atoms with Crippen molar-refractivity contribution in [3.8, 4) is 17.2 Å². The van der Waals surface area contributed by atoms with Crippen LogP contribution in [-0.4, -0.2) is 83.3 Å². The average Bonchev–Trinajstić information content (AvgIpc) is 3.47. The summed E-state index contributed by atoms with van der Waals surface area (Å²) >= 11 is 0. The van der Waals surface area contributed by atoms with Gasteiger partial charge in [0.1, 0.15) is 11.9 Å². The number of benzene rings is 2. The molecule has 3 aromatic rings. The Morgan fingerprint density at radius 2 is 1.63 bits per heavy atom. The number of alkyl halides is 3. The van der Waals surface area contributed by atoms with Crippen LogP contribution in [0, 0.1) is 11.3 Å². The van der Waals surface area contributed by atoms with Crippen LogP contribution in [0.3, 0.4) is 0 Å². The van der Waals surface area contributed by atoms with Gasteiger partial charge in [0.25, 0.3) is 5.91 Å². The van der Waals surface area contributed by atoms with E-state index in [2.05, 4.69) is 21.3 Å². The maximum atomic E-state index is 13.7. The summed E-state index contributed by atoms with van der Waals surface area (Å²) in [6.45, 7) is 2.94. The number of halogens is 6. The molecule has 9 nitrogen and oxygen atoms in total. The van der Waals surface area contributed by atoms with Crippen molar-refractivity contribution in [3.63, 3.8) is 0 Å². The zero-order chi connectivity index (χ0) is 30.6. The van der Waals surface area contributed by atoms with Gasteiger partial charge in [0.05, 0.1) is 18.2 Å². The van der Waals surface area contributed by atoms with Crippen LogP contribution < -0.4 is 10.2 Å². The maximum Gasteiger partial charge on any atom is 0.404 e. The largest absolute Gasteiger partial charge is 0.480 e. The van der Waals surface area contributed by atoms with E-state index in [0.29, 0.717) is 67.0 Å². The molecule has 15 heteroatoms. The number of likely N-dealkylation sites (tertiary alicyclic amines) is 1. The average molecular weight is 702 g/mol. The normalized spacial score (nSPS) is 16.7. The number of nitriles is 1. The molecule has 1 amide bonds. The number of piperazine rings is 1. The van der Waals surface area contributed by atoms with E-state index >= 15 is 0 Å². The molecule has 2 N–H and O–H groups in total. The van der Waals surface area contributed by atoms with Gasteiger partial charge in [0.2, 0.25) is 0 Å². The minimum absolute atomic E-state index is 0. The summed E-state index contributed by atoms with van der Waals surface area (Å²) in [6, 6.07) is 15.9. The van der Waals surface area contributed by atoms with Gasteiger partial charge >= 0.3 is 12.1 Å². The Bertz CT molecular complexity index is 1510. The van der Waals surface area contributed by atoms with Crippen LogP contribution >= 0.6 is 37.2 Å². The van der Waals surface area contributed by atoms with Crippen molar-refractivity contribution in [1.29, 1.82) is 5.26 Å². The number of nitrogens with one attached hydrogen (secondary N) is 1. The lowest BCUT2D eigenvalue weighted by Crippen LogP contribution is -2.47. The minimum atomic E-state index is -4.34.